The molecule has 0 aromatic heterocycles. The van der Waals surface area contributed by atoms with Crippen LogP contribution < -0.4 is 5.32 Å². The second-order valence-electron chi connectivity index (χ2n) is 5.39. The van der Waals surface area contributed by atoms with Gasteiger partial charge in [0, 0.05) is 12.6 Å². The van der Waals surface area contributed by atoms with E-state index in [4.69, 9.17) is 0 Å². The maximum atomic E-state index is 3.60. The van der Waals surface area contributed by atoms with Crippen LogP contribution in [0.25, 0.3) is 0 Å². The third kappa shape index (κ3) is 5.19. The maximum absolute atomic E-state index is 3.60. The van der Waals surface area contributed by atoms with Crippen LogP contribution in [0.1, 0.15) is 30.5 Å². The van der Waals surface area contributed by atoms with Gasteiger partial charge < -0.3 is 10.2 Å². The van der Waals surface area contributed by atoms with Crippen LogP contribution in [0.4, 0.5) is 0 Å². The topological polar surface area (TPSA) is 15.3 Å². The van der Waals surface area contributed by atoms with Gasteiger partial charge in [-0.2, -0.15) is 0 Å². The van der Waals surface area contributed by atoms with Crippen molar-refractivity contribution in [3.8, 4) is 0 Å². The van der Waals surface area contributed by atoms with Gasteiger partial charge in [0.05, 0.1) is 0 Å². The first-order chi connectivity index (χ1) is 8.52. The second kappa shape index (κ2) is 7.55. The smallest absolute Gasteiger partial charge is 0.0166 e. The Labute approximate surface area is 112 Å². The third-order valence-corrected chi connectivity index (χ3v) is 3.52. The molecular formula is C16H28N2. The lowest BCUT2D eigenvalue weighted by Gasteiger charge is -2.21. The fourth-order valence-corrected chi connectivity index (χ4v) is 2.18. The molecule has 0 heterocycles. The average molecular weight is 248 g/mol. The molecule has 1 atom stereocenters. The van der Waals surface area contributed by atoms with Gasteiger partial charge in [0.2, 0.25) is 0 Å². The molecule has 1 aromatic carbocycles. The monoisotopic (exact) mass is 248 g/mol. The van der Waals surface area contributed by atoms with E-state index in [1.54, 1.807) is 0 Å². The SMILES string of the molecule is CCN(C)CC(C)NCCc1cc(C)ccc1C. The van der Waals surface area contributed by atoms with Crippen molar-refractivity contribution < 1.29 is 0 Å². The summed E-state index contributed by atoms with van der Waals surface area (Å²) in [7, 11) is 2.17. The van der Waals surface area contributed by atoms with Crippen molar-refractivity contribution in [2.45, 2.75) is 40.2 Å². The molecule has 0 amide bonds. The van der Waals surface area contributed by atoms with Gasteiger partial charge in [0.25, 0.3) is 0 Å². The number of rotatable bonds is 7. The molecule has 2 heteroatoms. The highest BCUT2D eigenvalue weighted by Crippen LogP contribution is 2.10. The molecule has 0 aliphatic carbocycles. The van der Waals surface area contributed by atoms with Crippen LogP contribution >= 0.6 is 0 Å². The quantitative estimate of drug-likeness (QED) is 0.798. The molecule has 1 rings (SSSR count). The Morgan fingerprint density at radius 3 is 2.67 bits per heavy atom. The number of nitrogens with one attached hydrogen (secondary N) is 1. The van der Waals surface area contributed by atoms with Gasteiger partial charge in [-0.05, 0) is 58.5 Å². The van der Waals surface area contributed by atoms with E-state index < -0.39 is 0 Å². The first-order valence-electron chi connectivity index (χ1n) is 7.01. The Morgan fingerprint density at radius 2 is 2.00 bits per heavy atom. The largest absolute Gasteiger partial charge is 0.313 e. The molecule has 2 nitrogen and oxygen atoms in total. The van der Waals surface area contributed by atoms with Crippen molar-refractivity contribution >= 4 is 0 Å². The highest BCUT2D eigenvalue weighted by molar-refractivity contribution is 5.30. The molecule has 18 heavy (non-hydrogen) atoms. The first-order valence-corrected chi connectivity index (χ1v) is 7.01. The Kier molecular flexibility index (Phi) is 6.37. The van der Waals surface area contributed by atoms with Crippen molar-refractivity contribution in [1.29, 1.82) is 0 Å². The number of likely N-dealkylation sites (N-methyl/N-ethyl adjacent to an activating group) is 1. The summed E-state index contributed by atoms with van der Waals surface area (Å²) in [5.74, 6) is 0. The molecule has 102 valence electrons. The summed E-state index contributed by atoms with van der Waals surface area (Å²) in [4.78, 5) is 2.34. The molecular weight excluding hydrogens is 220 g/mol. The molecule has 0 fully saturated rings. The van der Waals surface area contributed by atoms with E-state index in [0.29, 0.717) is 6.04 Å². The van der Waals surface area contributed by atoms with Crippen LogP contribution in [0.3, 0.4) is 0 Å². The maximum Gasteiger partial charge on any atom is 0.0166 e. The van der Waals surface area contributed by atoms with Crippen LogP contribution in [0, 0.1) is 13.8 Å². The zero-order chi connectivity index (χ0) is 13.5. The normalized spacial score (nSPS) is 13.0. The number of hydrogen-bond acceptors (Lipinski definition) is 2. The Hall–Kier alpha value is -0.860. The highest BCUT2D eigenvalue weighted by atomic mass is 15.1. The average Bonchev–Trinajstić information content (AvgIpc) is 2.33. The number of nitrogens with zero attached hydrogens (tertiary/aromatic N) is 1. The van der Waals surface area contributed by atoms with Gasteiger partial charge in [-0.3, -0.25) is 0 Å². The van der Waals surface area contributed by atoms with Crippen LogP contribution in [0.2, 0.25) is 0 Å². The van der Waals surface area contributed by atoms with E-state index in [1.165, 1.54) is 16.7 Å². The zero-order valence-corrected chi connectivity index (χ0v) is 12.6. The van der Waals surface area contributed by atoms with Crippen LogP contribution in [0.5, 0.6) is 0 Å². The Bertz CT molecular complexity index is 360. The predicted molar refractivity (Wildman–Crippen MR) is 80.3 cm³/mol. The highest BCUT2D eigenvalue weighted by Gasteiger charge is 2.04. The summed E-state index contributed by atoms with van der Waals surface area (Å²) >= 11 is 0. The fourth-order valence-electron chi connectivity index (χ4n) is 2.18. The van der Waals surface area contributed by atoms with Crippen molar-refractivity contribution in [1.82, 2.24) is 10.2 Å². The Morgan fingerprint density at radius 1 is 1.28 bits per heavy atom. The van der Waals surface area contributed by atoms with Crippen molar-refractivity contribution in [2.24, 2.45) is 0 Å². The van der Waals surface area contributed by atoms with E-state index in [1.807, 2.05) is 0 Å². The summed E-state index contributed by atoms with van der Waals surface area (Å²) in [6.45, 7) is 12.1. The van der Waals surface area contributed by atoms with Gasteiger partial charge >= 0.3 is 0 Å². The lowest BCUT2D eigenvalue weighted by molar-refractivity contribution is 0.311. The van der Waals surface area contributed by atoms with Crippen LogP contribution in [0.15, 0.2) is 18.2 Å². The molecule has 1 N–H and O–H groups in total. The van der Waals surface area contributed by atoms with E-state index in [2.05, 4.69) is 63.2 Å². The van der Waals surface area contributed by atoms with Gasteiger partial charge in [0.1, 0.15) is 0 Å². The minimum atomic E-state index is 0.556. The van der Waals surface area contributed by atoms with E-state index in [-0.39, 0.29) is 0 Å². The number of hydrogen-bond donors (Lipinski definition) is 1. The minimum Gasteiger partial charge on any atom is -0.313 e. The first kappa shape index (κ1) is 15.2. The van der Waals surface area contributed by atoms with Crippen molar-refractivity contribution in [3.63, 3.8) is 0 Å². The number of benzene rings is 1. The predicted octanol–water partition coefficient (Wildman–Crippen LogP) is 2.78. The fraction of sp³-hybridized carbons (Fsp3) is 0.625. The molecule has 0 aliphatic heterocycles. The second-order valence-corrected chi connectivity index (χ2v) is 5.39. The zero-order valence-electron chi connectivity index (χ0n) is 12.6. The molecule has 1 aromatic rings. The van der Waals surface area contributed by atoms with Crippen LogP contribution in [-0.2, 0) is 6.42 Å². The van der Waals surface area contributed by atoms with Crippen molar-refractivity contribution in [3.05, 3.63) is 34.9 Å². The lowest BCUT2D eigenvalue weighted by Crippen LogP contribution is -2.38. The standard InChI is InChI=1S/C16H28N2/c1-6-18(5)12-15(4)17-10-9-16-11-13(2)7-8-14(16)3/h7-8,11,15,17H,6,9-10,12H2,1-5H3. The van der Waals surface area contributed by atoms with E-state index in [9.17, 15) is 0 Å². The van der Waals surface area contributed by atoms with Gasteiger partial charge in [-0.25, -0.2) is 0 Å². The minimum absolute atomic E-state index is 0.556. The number of aryl methyl sites for hydroxylation is 2. The van der Waals surface area contributed by atoms with E-state index in [0.717, 1.165) is 26.1 Å². The summed E-state index contributed by atoms with van der Waals surface area (Å²) in [6, 6.07) is 7.27. The van der Waals surface area contributed by atoms with E-state index >= 15 is 0 Å². The molecule has 0 radical (unpaired) electrons. The summed E-state index contributed by atoms with van der Waals surface area (Å²) < 4.78 is 0. The van der Waals surface area contributed by atoms with Gasteiger partial charge in [-0.1, -0.05) is 30.7 Å². The summed E-state index contributed by atoms with van der Waals surface area (Å²) in [6.07, 6.45) is 1.12. The molecule has 0 aliphatic rings. The third-order valence-electron chi connectivity index (χ3n) is 3.52. The summed E-state index contributed by atoms with van der Waals surface area (Å²) in [5, 5.41) is 3.60. The van der Waals surface area contributed by atoms with Gasteiger partial charge in [-0.15, -0.1) is 0 Å². The molecule has 0 bridgehead atoms. The van der Waals surface area contributed by atoms with Crippen LogP contribution in [-0.4, -0.2) is 37.6 Å². The molecule has 0 spiro atoms. The summed E-state index contributed by atoms with van der Waals surface area (Å²) in [5.41, 5.74) is 4.23. The lowest BCUT2D eigenvalue weighted by atomic mass is 10.0. The van der Waals surface area contributed by atoms with Gasteiger partial charge in [0.15, 0.2) is 0 Å². The molecule has 1 unspecified atom stereocenters. The molecule has 0 saturated heterocycles. The Balaban J connectivity index is 2.35. The van der Waals surface area contributed by atoms with Crippen molar-refractivity contribution in [2.75, 3.05) is 26.7 Å². The molecule has 0 saturated carbocycles.